The van der Waals surface area contributed by atoms with Crippen LogP contribution in [0.2, 0.25) is 0 Å². The number of fused-ring (bicyclic) bond motifs is 1. The van der Waals surface area contributed by atoms with E-state index in [9.17, 15) is 19.5 Å². The molecule has 1 atom stereocenters. The maximum Gasteiger partial charge on any atom is 0.344 e. The van der Waals surface area contributed by atoms with Gasteiger partial charge in [0, 0.05) is 42.9 Å². The SMILES string of the molecule is CCCNC(=O)c1cc2c(cc1OCC)CN(CC(=O)c1cc(N3CCCC3)c(OC(CC)C(=O)O)c(C(C)(C)C)c1)C2=N. The Morgan fingerprint density at radius 2 is 1.77 bits per heavy atom. The molecule has 0 aromatic heterocycles. The van der Waals surface area contributed by atoms with E-state index in [1.54, 1.807) is 24.0 Å². The van der Waals surface area contributed by atoms with Crippen molar-refractivity contribution in [1.82, 2.24) is 10.2 Å². The largest absolute Gasteiger partial charge is 0.493 e. The Labute approximate surface area is 260 Å². The highest BCUT2D eigenvalue weighted by molar-refractivity contribution is 6.08. The lowest BCUT2D eigenvalue weighted by Crippen LogP contribution is -2.32. The number of ketones is 1. The molecule has 0 radical (unpaired) electrons. The number of carbonyl (C=O) groups is 3. The zero-order valence-electron chi connectivity index (χ0n) is 26.8. The van der Waals surface area contributed by atoms with Crippen molar-refractivity contribution < 1.29 is 29.0 Å². The topological polar surface area (TPSA) is 132 Å². The summed E-state index contributed by atoms with van der Waals surface area (Å²) in [5.74, 6) is -0.261. The van der Waals surface area contributed by atoms with Gasteiger partial charge in [-0.15, -0.1) is 0 Å². The Hall–Kier alpha value is -4.08. The average molecular weight is 607 g/mol. The Morgan fingerprint density at radius 3 is 2.36 bits per heavy atom. The minimum absolute atomic E-state index is 0.0230. The molecule has 0 bridgehead atoms. The number of carbonyl (C=O) groups excluding carboxylic acids is 2. The summed E-state index contributed by atoms with van der Waals surface area (Å²) in [6.07, 6.45) is 2.12. The molecule has 10 heteroatoms. The van der Waals surface area contributed by atoms with Crippen molar-refractivity contribution in [3.05, 3.63) is 52.1 Å². The van der Waals surface area contributed by atoms with Gasteiger partial charge in [-0.1, -0.05) is 34.6 Å². The molecule has 2 aliphatic rings. The first kappa shape index (κ1) is 32.8. The first-order valence-electron chi connectivity index (χ1n) is 15.7. The lowest BCUT2D eigenvalue weighted by atomic mass is 9.84. The van der Waals surface area contributed by atoms with Crippen molar-refractivity contribution in [3.8, 4) is 11.5 Å². The summed E-state index contributed by atoms with van der Waals surface area (Å²) in [7, 11) is 0. The van der Waals surface area contributed by atoms with Gasteiger partial charge in [-0.3, -0.25) is 15.0 Å². The maximum atomic E-state index is 13.9. The number of amidine groups is 1. The minimum atomic E-state index is -1.02. The molecule has 0 aliphatic carbocycles. The standard InChI is InChI=1S/C34H46N4O6/c1-7-12-36-32(40)24-18-23-22(17-29(24)43-9-3)19-38(31(23)35)20-27(39)21-15-25(34(4,5)6)30(44-28(8-2)33(41)42)26(16-21)37-13-10-11-14-37/h15-18,28,35H,7-14,19-20H2,1-6H3,(H,36,40)(H,41,42). The van der Waals surface area contributed by atoms with Crippen molar-refractivity contribution in [2.45, 2.75) is 85.3 Å². The van der Waals surface area contributed by atoms with E-state index in [0.29, 0.717) is 54.3 Å². The van der Waals surface area contributed by atoms with Crippen molar-refractivity contribution in [2.24, 2.45) is 0 Å². The van der Waals surface area contributed by atoms with E-state index in [1.165, 1.54) is 0 Å². The summed E-state index contributed by atoms with van der Waals surface area (Å²) in [6, 6.07) is 7.14. The number of nitrogens with zero attached hydrogens (tertiary/aromatic N) is 2. The predicted molar refractivity (Wildman–Crippen MR) is 171 cm³/mol. The minimum Gasteiger partial charge on any atom is -0.493 e. The molecule has 0 saturated carbocycles. The summed E-state index contributed by atoms with van der Waals surface area (Å²) in [4.78, 5) is 42.6. The molecular formula is C34H46N4O6. The van der Waals surface area contributed by atoms with E-state index >= 15 is 0 Å². The number of carboxylic acid groups (broad SMARTS) is 1. The van der Waals surface area contributed by atoms with Crippen molar-refractivity contribution in [2.75, 3.05) is 37.7 Å². The van der Waals surface area contributed by atoms with Gasteiger partial charge in [-0.05, 0) is 67.9 Å². The molecule has 1 saturated heterocycles. The van der Waals surface area contributed by atoms with Gasteiger partial charge in [0.2, 0.25) is 0 Å². The highest BCUT2D eigenvalue weighted by Crippen LogP contribution is 2.42. The number of Topliss-reactive ketones (excluding diaryl/α,β-unsaturated/α-hetero) is 1. The number of carboxylic acids is 1. The van der Waals surface area contributed by atoms with Crippen molar-refractivity contribution >= 4 is 29.2 Å². The third kappa shape index (κ3) is 7.00. The second-order valence-electron chi connectivity index (χ2n) is 12.5. The monoisotopic (exact) mass is 606 g/mol. The highest BCUT2D eigenvalue weighted by atomic mass is 16.5. The molecular weight excluding hydrogens is 560 g/mol. The van der Waals surface area contributed by atoms with Crippen LogP contribution in [0.3, 0.4) is 0 Å². The number of amides is 1. The highest BCUT2D eigenvalue weighted by Gasteiger charge is 2.33. The molecule has 1 amide bonds. The van der Waals surface area contributed by atoms with Gasteiger partial charge in [0.15, 0.2) is 11.9 Å². The van der Waals surface area contributed by atoms with Crippen molar-refractivity contribution in [3.63, 3.8) is 0 Å². The molecule has 1 fully saturated rings. The number of hydrogen-bond acceptors (Lipinski definition) is 7. The molecule has 2 aliphatic heterocycles. The molecule has 44 heavy (non-hydrogen) atoms. The lowest BCUT2D eigenvalue weighted by Gasteiger charge is -2.31. The average Bonchev–Trinajstić information content (AvgIpc) is 3.61. The number of aliphatic carboxylic acids is 1. The van der Waals surface area contributed by atoms with Gasteiger partial charge >= 0.3 is 5.97 Å². The van der Waals surface area contributed by atoms with Crippen LogP contribution in [0.5, 0.6) is 11.5 Å². The fraction of sp³-hybridized carbons (Fsp3) is 0.529. The normalized spacial score (nSPS) is 15.3. The van der Waals surface area contributed by atoms with E-state index in [0.717, 1.165) is 49.2 Å². The van der Waals surface area contributed by atoms with E-state index in [1.807, 2.05) is 46.8 Å². The maximum absolute atomic E-state index is 13.9. The number of anilines is 1. The molecule has 2 heterocycles. The van der Waals surface area contributed by atoms with Crippen LogP contribution in [-0.2, 0) is 16.8 Å². The zero-order valence-corrected chi connectivity index (χ0v) is 26.8. The third-order valence-corrected chi connectivity index (χ3v) is 8.10. The Bertz CT molecular complexity index is 1420. The van der Waals surface area contributed by atoms with Gasteiger partial charge < -0.3 is 29.7 Å². The number of benzene rings is 2. The number of ether oxygens (including phenoxy) is 2. The molecule has 2 aromatic rings. The van der Waals surface area contributed by atoms with E-state index in [4.69, 9.17) is 14.9 Å². The van der Waals surface area contributed by atoms with Gasteiger partial charge in [0.1, 0.15) is 17.3 Å². The van der Waals surface area contributed by atoms with E-state index < -0.39 is 17.5 Å². The number of nitrogens with one attached hydrogen (secondary N) is 2. The van der Waals surface area contributed by atoms with Crippen LogP contribution in [0.4, 0.5) is 5.69 Å². The summed E-state index contributed by atoms with van der Waals surface area (Å²) in [5, 5.41) is 21.6. The fourth-order valence-electron chi connectivity index (χ4n) is 5.71. The van der Waals surface area contributed by atoms with Crippen LogP contribution < -0.4 is 19.7 Å². The summed E-state index contributed by atoms with van der Waals surface area (Å²) < 4.78 is 12.0. The predicted octanol–water partition coefficient (Wildman–Crippen LogP) is 5.39. The van der Waals surface area contributed by atoms with Crippen LogP contribution in [0.15, 0.2) is 24.3 Å². The fourth-order valence-corrected chi connectivity index (χ4v) is 5.71. The Kier molecular flexibility index (Phi) is 10.2. The van der Waals surface area contributed by atoms with Gasteiger partial charge in [-0.2, -0.15) is 0 Å². The zero-order chi connectivity index (χ0) is 32.2. The summed E-state index contributed by atoms with van der Waals surface area (Å²) >= 11 is 0. The van der Waals surface area contributed by atoms with Crippen LogP contribution in [0.1, 0.15) is 105 Å². The molecule has 238 valence electrons. The van der Waals surface area contributed by atoms with Crippen LogP contribution in [0.25, 0.3) is 0 Å². The van der Waals surface area contributed by atoms with Gasteiger partial charge in [-0.25, -0.2) is 4.79 Å². The lowest BCUT2D eigenvalue weighted by molar-refractivity contribution is -0.145. The van der Waals surface area contributed by atoms with Gasteiger partial charge in [0.25, 0.3) is 5.91 Å². The molecule has 10 nitrogen and oxygen atoms in total. The molecule has 3 N–H and O–H groups in total. The van der Waals surface area contributed by atoms with Crippen LogP contribution in [-0.4, -0.2) is 72.4 Å². The third-order valence-electron chi connectivity index (χ3n) is 8.10. The van der Waals surface area contributed by atoms with Crippen LogP contribution in [0, 0.1) is 5.41 Å². The molecule has 0 spiro atoms. The smallest absolute Gasteiger partial charge is 0.344 e. The quantitative estimate of drug-likeness (QED) is 0.259. The van der Waals surface area contributed by atoms with E-state index in [2.05, 4.69) is 10.2 Å². The summed E-state index contributed by atoms with van der Waals surface area (Å²) in [5.41, 5.74) is 3.39. The van der Waals surface area contributed by atoms with Crippen molar-refractivity contribution in [1.29, 1.82) is 5.41 Å². The summed E-state index contributed by atoms with van der Waals surface area (Å²) in [6.45, 7) is 14.5. The van der Waals surface area contributed by atoms with Crippen LogP contribution >= 0.6 is 0 Å². The Balaban J connectivity index is 1.68. The number of hydrogen-bond donors (Lipinski definition) is 3. The van der Waals surface area contributed by atoms with Gasteiger partial charge in [0.05, 0.1) is 24.4 Å². The molecule has 1 unspecified atom stereocenters. The second-order valence-corrected chi connectivity index (χ2v) is 12.5. The molecule has 4 rings (SSSR count). The Morgan fingerprint density at radius 1 is 1.07 bits per heavy atom. The first-order valence-corrected chi connectivity index (χ1v) is 15.7. The number of rotatable bonds is 13. The second kappa shape index (κ2) is 13.7. The molecule has 2 aromatic carbocycles. The van der Waals surface area contributed by atoms with E-state index in [-0.39, 0.29) is 24.1 Å². The first-order chi connectivity index (χ1) is 20.9.